The van der Waals surface area contributed by atoms with E-state index >= 15 is 0 Å². The van der Waals surface area contributed by atoms with Gasteiger partial charge in [-0.2, -0.15) is 0 Å². The number of nitrogens with two attached hydrogens (primary N) is 1. The fraction of sp³-hybridized carbons (Fsp3) is 0.533. The van der Waals surface area contributed by atoms with Gasteiger partial charge in [0.25, 0.3) is 0 Å². The maximum atomic E-state index is 14.1. The number of nitrogens with one attached hydrogen (secondary N) is 2. The first kappa shape index (κ1) is 11.3. The van der Waals surface area contributed by atoms with Gasteiger partial charge in [-0.05, 0) is 54.6 Å². The quantitative estimate of drug-likeness (QED) is 0.536. The van der Waals surface area contributed by atoms with Crippen LogP contribution in [-0.2, 0) is 0 Å². The first-order valence-corrected chi connectivity index (χ1v) is 7.07. The van der Waals surface area contributed by atoms with Crippen LogP contribution < -0.4 is 11.1 Å². The molecule has 0 radical (unpaired) electrons. The Morgan fingerprint density at radius 2 is 2.16 bits per heavy atom. The molecule has 0 saturated heterocycles. The Morgan fingerprint density at radius 1 is 1.37 bits per heavy atom. The van der Waals surface area contributed by atoms with Gasteiger partial charge in [-0.25, -0.2) is 4.39 Å². The zero-order valence-electron chi connectivity index (χ0n) is 10.7. The van der Waals surface area contributed by atoms with Crippen LogP contribution in [0, 0.1) is 29.0 Å². The second kappa shape index (κ2) is 3.71. The number of rotatable bonds is 1. The van der Waals surface area contributed by atoms with E-state index in [4.69, 9.17) is 11.1 Å². The normalized spacial score (nSPS) is 34.6. The summed E-state index contributed by atoms with van der Waals surface area (Å²) >= 11 is 0. The lowest BCUT2D eigenvalue weighted by molar-refractivity contribution is 0.293. The summed E-state index contributed by atoms with van der Waals surface area (Å²) in [6.45, 7) is 0.872. The summed E-state index contributed by atoms with van der Waals surface area (Å²) < 4.78 is 14.1. The van der Waals surface area contributed by atoms with Gasteiger partial charge >= 0.3 is 0 Å². The smallest absolute Gasteiger partial charge is 0.148 e. The summed E-state index contributed by atoms with van der Waals surface area (Å²) in [5.41, 5.74) is 8.63. The molecule has 1 aliphatic heterocycles. The highest BCUT2D eigenvalue weighted by molar-refractivity contribution is 5.91. The predicted octanol–water partition coefficient (Wildman–Crippen LogP) is 2.96. The molecule has 1 aromatic rings. The van der Waals surface area contributed by atoms with Crippen molar-refractivity contribution in [3.8, 4) is 0 Å². The molecule has 4 heteroatoms. The molecule has 100 valence electrons. The molecule has 19 heavy (non-hydrogen) atoms. The van der Waals surface area contributed by atoms with E-state index in [1.807, 2.05) is 0 Å². The van der Waals surface area contributed by atoms with Crippen molar-refractivity contribution in [3.05, 3.63) is 23.0 Å². The van der Waals surface area contributed by atoms with Crippen LogP contribution in [0.25, 0.3) is 0 Å². The minimum Gasteiger partial charge on any atom is -0.398 e. The lowest BCUT2D eigenvalue weighted by atomic mass is 9.71. The van der Waals surface area contributed by atoms with Gasteiger partial charge in [0, 0.05) is 24.0 Å². The summed E-state index contributed by atoms with van der Waals surface area (Å²) in [4.78, 5) is 0. The second-order valence-corrected chi connectivity index (χ2v) is 6.20. The molecule has 1 aromatic carbocycles. The zero-order valence-corrected chi connectivity index (χ0v) is 10.7. The SMILES string of the molecule is N=Cc1c(N)cc(F)c2c1[C@H]1[C@@H]3CC[C@@H](C3)[C@H]1CN2. The lowest BCUT2D eigenvalue weighted by Crippen LogP contribution is -2.33. The van der Waals surface area contributed by atoms with Crippen molar-refractivity contribution in [1.82, 2.24) is 0 Å². The number of nitrogen functional groups attached to an aromatic ring is 1. The third-order valence-corrected chi connectivity index (χ3v) is 5.47. The third kappa shape index (κ3) is 1.34. The Labute approximate surface area is 111 Å². The lowest BCUT2D eigenvalue weighted by Gasteiger charge is -2.38. The molecule has 2 aliphatic carbocycles. The highest BCUT2D eigenvalue weighted by Crippen LogP contribution is 2.60. The molecule has 2 fully saturated rings. The highest BCUT2D eigenvalue weighted by atomic mass is 19.1. The number of halogens is 1. The van der Waals surface area contributed by atoms with E-state index in [2.05, 4.69) is 5.32 Å². The molecule has 2 bridgehead atoms. The average Bonchev–Trinajstić information content (AvgIpc) is 3.00. The molecule has 1 heterocycles. The van der Waals surface area contributed by atoms with Crippen LogP contribution >= 0.6 is 0 Å². The summed E-state index contributed by atoms with van der Waals surface area (Å²) in [5.74, 6) is 2.18. The van der Waals surface area contributed by atoms with Crippen molar-refractivity contribution in [3.63, 3.8) is 0 Å². The minimum atomic E-state index is -0.265. The van der Waals surface area contributed by atoms with Gasteiger partial charge in [-0.15, -0.1) is 0 Å². The van der Waals surface area contributed by atoms with Gasteiger partial charge in [0.2, 0.25) is 0 Å². The van der Waals surface area contributed by atoms with Gasteiger partial charge in [0.1, 0.15) is 5.82 Å². The number of hydrogen-bond acceptors (Lipinski definition) is 3. The molecule has 4 N–H and O–H groups in total. The summed E-state index contributed by atoms with van der Waals surface area (Å²) in [7, 11) is 0. The van der Waals surface area contributed by atoms with E-state index in [0.29, 0.717) is 29.1 Å². The van der Waals surface area contributed by atoms with E-state index in [1.165, 1.54) is 31.5 Å². The Morgan fingerprint density at radius 3 is 2.95 bits per heavy atom. The van der Waals surface area contributed by atoms with Crippen LogP contribution in [0.3, 0.4) is 0 Å². The monoisotopic (exact) mass is 259 g/mol. The Kier molecular flexibility index (Phi) is 2.20. The molecule has 0 unspecified atom stereocenters. The van der Waals surface area contributed by atoms with Crippen molar-refractivity contribution in [1.29, 1.82) is 5.41 Å². The molecule has 4 atom stereocenters. The van der Waals surface area contributed by atoms with Crippen LogP contribution in [-0.4, -0.2) is 12.8 Å². The maximum absolute atomic E-state index is 14.1. The van der Waals surface area contributed by atoms with Crippen molar-refractivity contribution in [2.45, 2.75) is 25.2 Å². The predicted molar refractivity (Wildman–Crippen MR) is 74.2 cm³/mol. The van der Waals surface area contributed by atoms with E-state index < -0.39 is 0 Å². The molecule has 0 spiro atoms. The molecular formula is C15H18FN3. The second-order valence-electron chi connectivity index (χ2n) is 6.20. The van der Waals surface area contributed by atoms with Crippen molar-refractivity contribution < 1.29 is 4.39 Å². The minimum absolute atomic E-state index is 0.265. The largest absolute Gasteiger partial charge is 0.398 e. The van der Waals surface area contributed by atoms with Gasteiger partial charge in [0.15, 0.2) is 0 Å². The van der Waals surface area contributed by atoms with Crippen LogP contribution in [0.5, 0.6) is 0 Å². The third-order valence-electron chi connectivity index (χ3n) is 5.47. The zero-order chi connectivity index (χ0) is 13.1. The fourth-order valence-electron chi connectivity index (χ4n) is 4.77. The Balaban J connectivity index is 1.94. The Hall–Kier alpha value is -1.58. The van der Waals surface area contributed by atoms with E-state index in [0.717, 1.165) is 23.6 Å². The summed E-state index contributed by atoms with van der Waals surface area (Å²) in [6, 6.07) is 1.35. The molecule has 2 saturated carbocycles. The average molecular weight is 259 g/mol. The van der Waals surface area contributed by atoms with Gasteiger partial charge in [0.05, 0.1) is 5.69 Å². The molecule has 3 nitrogen and oxygen atoms in total. The van der Waals surface area contributed by atoms with Crippen LogP contribution in [0.1, 0.15) is 36.3 Å². The molecular weight excluding hydrogens is 241 g/mol. The maximum Gasteiger partial charge on any atom is 0.148 e. The fourth-order valence-corrected chi connectivity index (χ4v) is 4.77. The first-order valence-electron chi connectivity index (χ1n) is 7.07. The number of benzene rings is 1. The molecule has 0 aromatic heterocycles. The van der Waals surface area contributed by atoms with Gasteiger partial charge in [-0.3, -0.25) is 0 Å². The number of hydrogen-bond donors (Lipinski definition) is 3. The van der Waals surface area contributed by atoms with E-state index in [-0.39, 0.29) is 5.82 Å². The van der Waals surface area contributed by atoms with E-state index in [9.17, 15) is 4.39 Å². The number of fused-ring (bicyclic) bond motifs is 7. The first-order chi connectivity index (χ1) is 9.20. The van der Waals surface area contributed by atoms with Crippen LogP contribution in [0.15, 0.2) is 6.07 Å². The topological polar surface area (TPSA) is 61.9 Å². The number of anilines is 2. The van der Waals surface area contributed by atoms with Crippen LogP contribution in [0.4, 0.5) is 15.8 Å². The molecule has 3 aliphatic rings. The van der Waals surface area contributed by atoms with Crippen molar-refractivity contribution >= 4 is 17.6 Å². The highest BCUT2D eigenvalue weighted by Gasteiger charge is 2.51. The summed E-state index contributed by atoms with van der Waals surface area (Å²) in [6.07, 6.45) is 5.13. The van der Waals surface area contributed by atoms with Crippen molar-refractivity contribution in [2.75, 3.05) is 17.6 Å². The Bertz CT molecular complexity index is 569. The standard InChI is InChI=1S/C15H18FN3/c16-11-4-12(18)9(5-17)14-13-8-2-1-7(3-8)10(13)6-19-15(11)14/h4-5,7-8,10,13,17,19H,1-3,6,18H2/t7-,8+,10+,13-/m0/s1. The van der Waals surface area contributed by atoms with Gasteiger partial charge in [-0.1, -0.05) is 0 Å². The van der Waals surface area contributed by atoms with Crippen LogP contribution in [0.2, 0.25) is 0 Å². The summed E-state index contributed by atoms with van der Waals surface area (Å²) in [5, 5.41) is 10.9. The van der Waals surface area contributed by atoms with Crippen molar-refractivity contribution in [2.24, 2.45) is 17.8 Å². The van der Waals surface area contributed by atoms with E-state index in [1.54, 1.807) is 0 Å². The molecule has 0 amide bonds. The van der Waals surface area contributed by atoms with Gasteiger partial charge < -0.3 is 16.5 Å². The molecule has 4 rings (SSSR count).